The van der Waals surface area contributed by atoms with E-state index in [0.717, 1.165) is 0 Å². The van der Waals surface area contributed by atoms with Gasteiger partial charge in [0.25, 0.3) is 5.69 Å². The Hall–Kier alpha value is -2.74. The standard InChI is InChI=1S/C11H11N5O3/c12-14-10-3-2-9(16(18)19)6-8(10)7-15-5-1-4-13-11(15)17/h1-6,14H,7,12H2. The summed E-state index contributed by atoms with van der Waals surface area (Å²) in [7, 11) is 0. The second-order valence-electron chi connectivity index (χ2n) is 3.77. The third kappa shape index (κ3) is 2.75. The number of nitrogens with zero attached hydrogens (tertiary/aromatic N) is 3. The fourth-order valence-corrected chi connectivity index (χ4v) is 1.66. The largest absolute Gasteiger partial charge is 0.347 e. The van der Waals surface area contributed by atoms with Gasteiger partial charge < -0.3 is 5.43 Å². The Balaban J connectivity index is 2.43. The summed E-state index contributed by atoms with van der Waals surface area (Å²) >= 11 is 0. The number of nitro groups is 1. The van der Waals surface area contributed by atoms with Crippen molar-refractivity contribution in [2.24, 2.45) is 5.84 Å². The summed E-state index contributed by atoms with van der Waals surface area (Å²) in [6.07, 6.45) is 2.93. The Morgan fingerprint density at radius 1 is 1.47 bits per heavy atom. The van der Waals surface area contributed by atoms with Crippen LogP contribution >= 0.6 is 0 Å². The lowest BCUT2D eigenvalue weighted by Crippen LogP contribution is -2.23. The summed E-state index contributed by atoms with van der Waals surface area (Å²) in [6, 6.07) is 5.81. The van der Waals surface area contributed by atoms with Gasteiger partial charge in [-0.3, -0.25) is 20.5 Å². The van der Waals surface area contributed by atoms with Crippen molar-refractivity contribution in [2.75, 3.05) is 5.43 Å². The molecule has 8 heteroatoms. The lowest BCUT2D eigenvalue weighted by molar-refractivity contribution is -0.384. The first kappa shape index (κ1) is 12.7. The molecular formula is C11H11N5O3. The Morgan fingerprint density at radius 2 is 2.26 bits per heavy atom. The summed E-state index contributed by atoms with van der Waals surface area (Å²) in [5.41, 5.74) is 2.99. The molecule has 0 amide bonds. The number of nitrogen functional groups attached to an aromatic ring is 1. The lowest BCUT2D eigenvalue weighted by Gasteiger charge is -2.09. The smallest absolute Gasteiger partial charge is 0.324 e. The molecule has 0 aliphatic heterocycles. The van der Waals surface area contributed by atoms with Crippen LogP contribution in [0.1, 0.15) is 5.56 Å². The Bertz CT molecular complexity index is 667. The quantitative estimate of drug-likeness (QED) is 0.470. The number of aromatic nitrogens is 2. The van der Waals surface area contributed by atoms with Crippen LogP contribution in [0.3, 0.4) is 0 Å². The first-order valence-corrected chi connectivity index (χ1v) is 5.37. The van der Waals surface area contributed by atoms with Gasteiger partial charge in [0, 0.05) is 30.1 Å². The molecule has 1 heterocycles. The highest BCUT2D eigenvalue weighted by Crippen LogP contribution is 2.21. The Labute approximate surface area is 107 Å². The average molecular weight is 261 g/mol. The third-order valence-electron chi connectivity index (χ3n) is 2.58. The first-order chi connectivity index (χ1) is 9.11. The summed E-state index contributed by atoms with van der Waals surface area (Å²) in [4.78, 5) is 25.4. The maximum atomic E-state index is 11.5. The van der Waals surface area contributed by atoms with Gasteiger partial charge in [0.05, 0.1) is 17.2 Å². The van der Waals surface area contributed by atoms with E-state index in [4.69, 9.17) is 5.84 Å². The fraction of sp³-hybridized carbons (Fsp3) is 0.0909. The van der Waals surface area contributed by atoms with Crippen LogP contribution in [0.5, 0.6) is 0 Å². The van der Waals surface area contributed by atoms with Crippen molar-refractivity contribution in [1.29, 1.82) is 0 Å². The van der Waals surface area contributed by atoms with E-state index in [1.54, 1.807) is 12.3 Å². The van der Waals surface area contributed by atoms with E-state index in [0.29, 0.717) is 11.3 Å². The zero-order valence-corrected chi connectivity index (χ0v) is 9.81. The van der Waals surface area contributed by atoms with Gasteiger partial charge in [-0.05, 0) is 12.1 Å². The molecule has 0 saturated carbocycles. The Kier molecular flexibility index (Phi) is 3.53. The summed E-state index contributed by atoms with van der Waals surface area (Å²) in [6.45, 7) is 0.147. The number of non-ortho nitro benzene ring substituents is 1. The predicted octanol–water partition coefficient (Wildman–Crippen LogP) is 0.485. The van der Waals surface area contributed by atoms with E-state index in [-0.39, 0.29) is 12.2 Å². The van der Waals surface area contributed by atoms with Crippen LogP contribution in [-0.4, -0.2) is 14.5 Å². The molecule has 2 rings (SSSR count). The summed E-state index contributed by atoms with van der Waals surface area (Å²) in [5, 5.41) is 10.7. The normalized spacial score (nSPS) is 10.2. The van der Waals surface area contributed by atoms with Crippen LogP contribution in [0.2, 0.25) is 0 Å². The Morgan fingerprint density at radius 3 is 2.89 bits per heavy atom. The van der Waals surface area contributed by atoms with Gasteiger partial charge in [-0.2, -0.15) is 0 Å². The molecule has 3 N–H and O–H groups in total. The third-order valence-corrected chi connectivity index (χ3v) is 2.58. The number of hydrazine groups is 1. The molecule has 2 aromatic rings. The van der Waals surface area contributed by atoms with Crippen LogP contribution in [0, 0.1) is 10.1 Å². The molecule has 1 aromatic heterocycles. The first-order valence-electron chi connectivity index (χ1n) is 5.37. The number of nitro benzene ring substituents is 1. The fourth-order valence-electron chi connectivity index (χ4n) is 1.66. The lowest BCUT2D eigenvalue weighted by atomic mass is 10.1. The molecule has 0 aliphatic carbocycles. The SMILES string of the molecule is NNc1ccc([N+](=O)[O-])cc1Cn1cccnc1=O. The minimum absolute atomic E-state index is 0.0639. The van der Waals surface area contributed by atoms with E-state index < -0.39 is 10.6 Å². The molecule has 0 unspecified atom stereocenters. The second-order valence-corrected chi connectivity index (χ2v) is 3.77. The van der Waals surface area contributed by atoms with Crippen LogP contribution in [0.4, 0.5) is 11.4 Å². The van der Waals surface area contributed by atoms with E-state index in [1.165, 1.54) is 29.0 Å². The number of rotatable bonds is 4. The highest BCUT2D eigenvalue weighted by molar-refractivity contribution is 5.55. The maximum absolute atomic E-state index is 11.5. The van der Waals surface area contributed by atoms with Gasteiger partial charge in [0.2, 0.25) is 0 Å². The van der Waals surface area contributed by atoms with E-state index in [9.17, 15) is 14.9 Å². The van der Waals surface area contributed by atoms with Crippen LogP contribution in [0.15, 0.2) is 41.5 Å². The molecule has 19 heavy (non-hydrogen) atoms. The van der Waals surface area contributed by atoms with Crippen LogP contribution in [0.25, 0.3) is 0 Å². The van der Waals surface area contributed by atoms with Crippen molar-refractivity contribution in [3.63, 3.8) is 0 Å². The zero-order valence-electron chi connectivity index (χ0n) is 9.81. The van der Waals surface area contributed by atoms with Gasteiger partial charge in [-0.15, -0.1) is 0 Å². The number of anilines is 1. The molecule has 8 nitrogen and oxygen atoms in total. The molecule has 1 aromatic carbocycles. The van der Waals surface area contributed by atoms with Gasteiger partial charge in [-0.25, -0.2) is 9.78 Å². The number of hydrogen-bond donors (Lipinski definition) is 2. The van der Waals surface area contributed by atoms with Crippen molar-refractivity contribution >= 4 is 11.4 Å². The van der Waals surface area contributed by atoms with Crippen molar-refractivity contribution < 1.29 is 4.92 Å². The van der Waals surface area contributed by atoms with Crippen molar-refractivity contribution in [2.45, 2.75) is 6.54 Å². The average Bonchev–Trinajstić information content (AvgIpc) is 2.41. The number of nitrogens with two attached hydrogens (primary N) is 1. The molecule has 0 saturated heterocycles. The molecule has 0 aliphatic rings. The molecule has 0 radical (unpaired) electrons. The molecule has 0 spiro atoms. The summed E-state index contributed by atoms with van der Waals surface area (Å²) < 4.78 is 1.33. The number of hydrogen-bond acceptors (Lipinski definition) is 6. The topological polar surface area (TPSA) is 116 Å². The van der Waals surface area contributed by atoms with Gasteiger partial charge in [0.15, 0.2) is 0 Å². The highest BCUT2D eigenvalue weighted by atomic mass is 16.6. The van der Waals surface area contributed by atoms with E-state index in [1.807, 2.05) is 0 Å². The summed E-state index contributed by atoms with van der Waals surface area (Å²) in [5.74, 6) is 5.35. The van der Waals surface area contributed by atoms with Crippen molar-refractivity contribution in [3.8, 4) is 0 Å². The zero-order chi connectivity index (χ0) is 13.8. The van der Waals surface area contributed by atoms with Crippen LogP contribution in [-0.2, 0) is 6.54 Å². The molecule has 0 bridgehead atoms. The van der Waals surface area contributed by atoms with E-state index >= 15 is 0 Å². The minimum atomic E-state index is -0.504. The molecule has 98 valence electrons. The molecule has 0 atom stereocenters. The number of nitrogens with one attached hydrogen (secondary N) is 1. The molecule has 0 fully saturated rings. The minimum Gasteiger partial charge on any atom is -0.324 e. The van der Waals surface area contributed by atoms with Crippen molar-refractivity contribution in [1.82, 2.24) is 9.55 Å². The highest BCUT2D eigenvalue weighted by Gasteiger charge is 2.11. The second kappa shape index (κ2) is 5.27. The number of benzene rings is 1. The maximum Gasteiger partial charge on any atom is 0.347 e. The van der Waals surface area contributed by atoms with E-state index in [2.05, 4.69) is 10.4 Å². The molecular weight excluding hydrogens is 250 g/mol. The van der Waals surface area contributed by atoms with Crippen molar-refractivity contribution in [3.05, 3.63) is 62.8 Å². The van der Waals surface area contributed by atoms with Gasteiger partial charge in [-0.1, -0.05) is 0 Å². The predicted molar refractivity (Wildman–Crippen MR) is 68.5 cm³/mol. The van der Waals surface area contributed by atoms with Gasteiger partial charge in [0.1, 0.15) is 0 Å². The van der Waals surface area contributed by atoms with Crippen LogP contribution < -0.4 is 17.0 Å². The monoisotopic (exact) mass is 261 g/mol. The van der Waals surface area contributed by atoms with Gasteiger partial charge >= 0.3 is 5.69 Å².